The SMILES string of the molecule is CCC(C)OC(=O)C(Cc1ccc2c(NC(=O)c3ccccc3)nccc2c1)(NC(=O)OC(C)(C)C)C(=O)O. The van der Waals surface area contributed by atoms with E-state index in [-0.39, 0.29) is 5.91 Å². The van der Waals surface area contributed by atoms with E-state index in [0.717, 1.165) is 0 Å². The van der Waals surface area contributed by atoms with Crippen molar-refractivity contribution in [3.05, 3.63) is 71.9 Å². The van der Waals surface area contributed by atoms with Crippen molar-refractivity contribution in [1.82, 2.24) is 10.3 Å². The number of amides is 2. The first-order valence-corrected chi connectivity index (χ1v) is 12.5. The molecule has 0 saturated carbocycles. The van der Waals surface area contributed by atoms with Crippen LogP contribution in [-0.2, 0) is 25.5 Å². The van der Waals surface area contributed by atoms with E-state index in [4.69, 9.17) is 9.47 Å². The number of nitrogens with one attached hydrogen (secondary N) is 2. The number of nitrogens with zero attached hydrogens (tertiary/aromatic N) is 1. The van der Waals surface area contributed by atoms with Gasteiger partial charge in [0.05, 0.1) is 6.10 Å². The lowest BCUT2D eigenvalue weighted by Gasteiger charge is -2.31. The molecule has 10 heteroatoms. The molecule has 1 heterocycles. The van der Waals surface area contributed by atoms with Crippen molar-refractivity contribution >= 4 is 40.5 Å². The zero-order chi connectivity index (χ0) is 28.8. The molecular formula is C29H33N3O7. The zero-order valence-electron chi connectivity index (χ0n) is 22.6. The van der Waals surface area contributed by atoms with Gasteiger partial charge in [0, 0.05) is 23.6 Å². The van der Waals surface area contributed by atoms with Gasteiger partial charge < -0.3 is 19.9 Å². The number of anilines is 1. The van der Waals surface area contributed by atoms with Gasteiger partial charge in [-0.3, -0.25) is 10.1 Å². The van der Waals surface area contributed by atoms with Crippen LogP contribution in [0.2, 0.25) is 0 Å². The molecule has 0 saturated heterocycles. The Hall–Kier alpha value is -4.47. The molecule has 206 valence electrons. The standard InChI is InChI=1S/C29H33N3O7/c1-6-18(2)38-26(36)29(25(34)35,32-27(37)39-28(3,4)5)17-19-12-13-22-21(16-19)14-15-30-23(22)31-24(33)20-10-8-7-9-11-20/h7-16,18H,6,17H2,1-5H3,(H,32,37)(H,34,35)(H,30,31,33). The molecule has 3 N–H and O–H groups in total. The van der Waals surface area contributed by atoms with E-state index in [1.807, 2.05) is 6.07 Å². The summed E-state index contributed by atoms with van der Waals surface area (Å²) in [4.78, 5) is 55.4. The van der Waals surface area contributed by atoms with Crippen LogP contribution in [0.25, 0.3) is 10.8 Å². The highest BCUT2D eigenvalue weighted by Gasteiger charge is 2.51. The van der Waals surface area contributed by atoms with E-state index in [1.165, 1.54) is 6.20 Å². The number of esters is 1. The van der Waals surface area contributed by atoms with Crippen molar-refractivity contribution < 1.29 is 33.8 Å². The second-order valence-corrected chi connectivity index (χ2v) is 10.2. The first kappa shape index (κ1) is 29.1. The number of hydrogen-bond acceptors (Lipinski definition) is 7. The monoisotopic (exact) mass is 535 g/mol. The maximum Gasteiger partial charge on any atom is 0.409 e. The summed E-state index contributed by atoms with van der Waals surface area (Å²) < 4.78 is 10.6. The van der Waals surface area contributed by atoms with Crippen LogP contribution in [0.4, 0.5) is 10.6 Å². The van der Waals surface area contributed by atoms with Gasteiger partial charge in [0.15, 0.2) is 0 Å². The zero-order valence-corrected chi connectivity index (χ0v) is 22.6. The number of carboxylic acids is 1. The van der Waals surface area contributed by atoms with Crippen LogP contribution in [0.15, 0.2) is 60.8 Å². The van der Waals surface area contributed by atoms with Crippen molar-refractivity contribution in [2.75, 3.05) is 5.32 Å². The summed E-state index contributed by atoms with van der Waals surface area (Å²) >= 11 is 0. The number of pyridine rings is 1. The van der Waals surface area contributed by atoms with Crippen LogP contribution in [0, 0.1) is 0 Å². The van der Waals surface area contributed by atoms with E-state index in [9.17, 15) is 24.3 Å². The van der Waals surface area contributed by atoms with Crippen LogP contribution in [0.5, 0.6) is 0 Å². The Morgan fingerprint density at radius 1 is 1.03 bits per heavy atom. The first-order valence-electron chi connectivity index (χ1n) is 12.5. The fourth-order valence-electron chi connectivity index (χ4n) is 3.74. The van der Waals surface area contributed by atoms with Gasteiger partial charge in [0.1, 0.15) is 11.4 Å². The molecule has 2 atom stereocenters. The Bertz CT molecular complexity index is 1370. The van der Waals surface area contributed by atoms with Crippen molar-refractivity contribution in [3.63, 3.8) is 0 Å². The fourth-order valence-corrected chi connectivity index (χ4v) is 3.74. The van der Waals surface area contributed by atoms with Crippen LogP contribution in [0.3, 0.4) is 0 Å². The van der Waals surface area contributed by atoms with Crippen molar-refractivity contribution in [2.24, 2.45) is 0 Å². The lowest BCUT2D eigenvalue weighted by molar-refractivity contribution is -0.166. The van der Waals surface area contributed by atoms with Crippen LogP contribution >= 0.6 is 0 Å². The lowest BCUT2D eigenvalue weighted by Crippen LogP contribution is -2.63. The third-order valence-electron chi connectivity index (χ3n) is 5.88. The Morgan fingerprint density at radius 2 is 1.72 bits per heavy atom. The molecular weight excluding hydrogens is 502 g/mol. The van der Waals surface area contributed by atoms with E-state index >= 15 is 0 Å². The number of aliphatic carboxylic acids is 1. The third kappa shape index (κ3) is 7.31. The molecule has 39 heavy (non-hydrogen) atoms. The van der Waals surface area contributed by atoms with Crippen LogP contribution < -0.4 is 10.6 Å². The van der Waals surface area contributed by atoms with Gasteiger partial charge in [-0.15, -0.1) is 0 Å². The Labute approximate surface area is 226 Å². The summed E-state index contributed by atoms with van der Waals surface area (Å²) in [6.45, 7) is 8.29. The predicted octanol–water partition coefficient (Wildman–Crippen LogP) is 4.72. The lowest BCUT2D eigenvalue weighted by atomic mass is 9.89. The average Bonchev–Trinajstić information content (AvgIpc) is 2.87. The van der Waals surface area contributed by atoms with Crippen molar-refractivity contribution in [3.8, 4) is 0 Å². The number of hydrogen-bond donors (Lipinski definition) is 3. The number of benzene rings is 2. The molecule has 1 aromatic heterocycles. The highest BCUT2D eigenvalue weighted by Crippen LogP contribution is 2.26. The largest absolute Gasteiger partial charge is 0.479 e. The highest BCUT2D eigenvalue weighted by atomic mass is 16.6. The minimum absolute atomic E-state index is 0.320. The minimum Gasteiger partial charge on any atom is -0.479 e. The van der Waals surface area contributed by atoms with Gasteiger partial charge in [-0.2, -0.15) is 0 Å². The maximum atomic E-state index is 13.2. The number of fused-ring (bicyclic) bond motifs is 1. The normalized spacial score (nSPS) is 13.6. The molecule has 0 spiro atoms. The summed E-state index contributed by atoms with van der Waals surface area (Å²) in [5.74, 6) is -2.72. The molecule has 3 aromatic rings. The van der Waals surface area contributed by atoms with Gasteiger partial charge in [-0.25, -0.2) is 19.4 Å². The molecule has 0 bridgehead atoms. The molecule has 3 rings (SSSR count). The summed E-state index contributed by atoms with van der Waals surface area (Å²) in [6.07, 6.45) is -0.0975. The van der Waals surface area contributed by atoms with Crippen LogP contribution in [-0.4, -0.2) is 51.3 Å². The quantitative estimate of drug-likeness (QED) is 0.264. The number of carbonyl (C=O) groups is 4. The second kappa shape index (κ2) is 11.9. The smallest absolute Gasteiger partial charge is 0.409 e. The molecule has 0 radical (unpaired) electrons. The minimum atomic E-state index is -2.45. The van der Waals surface area contributed by atoms with Gasteiger partial charge in [0.25, 0.3) is 5.91 Å². The van der Waals surface area contributed by atoms with E-state index < -0.39 is 41.7 Å². The van der Waals surface area contributed by atoms with Crippen molar-refractivity contribution in [2.45, 2.75) is 64.7 Å². The third-order valence-corrected chi connectivity index (χ3v) is 5.88. The molecule has 0 fully saturated rings. The summed E-state index contributed by atoms with van der Waals surface area (Å²) in [7, 11) is 0. The number of rotatable bonds is 9. The van der Waals surface area contributed by atoms with Crippen molar-refractivity contribution in [1.29, 1.82) is 0 Å². The summed E-state index contributed by atoms with van der Waals surface area (Å²) in [5, 5.41) is 16.5. The van der Waals surface area contributed by atoms with E-state index in [1.54, 1.807) is 83.1 Å². The van der Waals surface area contributed by atoms with E-state index in [2.05, 4.69) is 15.6 Å². The number of ether oxygens (including phenoxy) is 2. The van der Waals surface area contributed by atoms with Gasteiger partial charge in [0.2, 0.25) is 5.54 Å². The second-order valence-electron chi connectivity index (χ2n) is 10.2. The Morgan fingerprint density at radius 3 is 2.33 bits per heavy atom. The number of aromatic nitrogens is 1. The van der Waals surface area contributed by atoms with Gasteiger partial charge in [-0.05, 0) is 63.3 Å². The fraction of sp³-hybridized carbons (Fsp3) is 0.345. The number of alkyl carbamates (subject to hydrolysis) is 1. The molecule has 2 amide bonds. The molecule has 0 aliphatic heterocycles. The van der Waals surface area contributed by atoms with Crippen LogP contribution in [0.1, 0.15) is 57.0 Å². The molecule has 2 unspecified atom stereocenters. The molecule has 10 nitrogen and oxygen atoms in total. The van der Waals surface area contributed by atoms with Gasteiger partial charge in [-0.1, -0.05) is 43.3 Å². The van der Waals surface area contributed by atoms with Gasteiger partial charge >= 0.3 is 18.0 Å². The molecule has 2 aromatic carbocycles. The Balaban J connectivity index is 1.97. The summed E-state index contributed by atoms with van der Waals surface area (Å²) in [5.41, 5.74) is -2.48. The predicted molar refractivity (Wildman–Crippen MR) is 145 cm³/mol. The number of carboxylic acid groups (broad SMARTS) is 1. The average molecular weight is 536 g/mol. The topological polar surface area (TPSA) is 144 Å². The first-order chi connectivity index (χ1) is 18.3. The van der Waals surface area contributed by atoms with E-state index in [0.29, 0.717) is 34.1 Å². The molecule has 0 aliphatic carbocycles. The maximum absolute atomic E-state index is 13.2. The number of carbonyl (C=O) groups excluding carboxylic acids is 3. The Kier molecular flexibility index (Phi) is 8.90. The molecule has 0 aliphatic rings. The highest BCUT2D eigenvalue weighted by molar-refractivity contribution is 6.09. The summed E-state index contributed by atoms with van der Waals surface area (Å²) in [6, 6.07) is 15.3.